The number of amides is 2. The smallest absolute Gasteiger partial charge is 0.269 e. The third-order valence-corrected chi connectivity index (χ3v) is 3.64. The fourth-order valence-electron chi connectivity index (χ4n) is 1.77. The monoisotopic (exact) mass is 372 g/mol. The van der Waals surface area contributed by atoms with Crippen molar-refractivity contribution in [3.63, 3.8) is 0 Å². The molecule has 0 aliphatic rings. The van der Waals surface area contributed by atoms with Crippen LogP contribution in [0.4, 0.5) is 0 Å². The Bertz CT molecular complexity index is 742. The van der Waals surface area contributed by atoms with E-state index in [1.165, 1.54) is 25.3 Å². The summed E-state index contributed by atoms with van der Waals surface area (Å²) in [5.41, 5.74) is 5.03. The van der Waals surface area contributed by atoms with Gasteiger partial charge in [-0.15, -0.1) is 0 Å². The Balaban J connectivity index is 2.07. The van der Waals surface area contributed by atoms with Crippen molar-refractivity contribution >= 4 is 46.6 Å². The normalized spacial score (nSPS) is 10.1. The molecule has 0 saturated heterocycles. The highest BCUT2D eigenvalue weighted by Crippen LogP contribution is 2.33. The SMILES string of the molecule is COc1c(Cl)cc(C(=O)NNC(=O)c2cccc(Cl)c2)cc1Cl. The van der Waals surface area contributed by atoms with Crippen LogP contribution in [0.2, 0.25) is 15.1 Å². The summed E-state index contributed by atoms with van der Waals surface area (Å²) in [5.74, 6) is -0.814. The minimum absolute atomic E-state index is 0.173. The van der Waals surface area contributed by atoms with Crippen LogP contribution >= 0.6 is 34.8 Å². The molecule has 2 aromatic carbocycles. The lowest BCUT2D eigenvalue weighted by Crippen LogP contribution is -2.41. The fourth-order valence-corrected chi connectivity index (χ4v) is 2.61. The van der Waals surface area contributed by atoms with Crippen molar-refractivity contribution in [2.24, 2.45) is 0 Å². The summed E-state index contributed by atoms with van der Waals surface area (Å²) < 4.78 is 5.00. The van der Waals surface area contributed by atoms with E-state index in [0.717, 1.165) is 0 Å². The van der Waals surface area contributed by atoms with Crippen molar-refractivity contribution in [3.8, 4) is 5.75 Å². The Morgan fingerprint density at radius 2 is 1.48 bits per heavy atom. The quantitative estimate of drug-likeness (QED) is 0.806. The first-order valence-corrected chi connectivity index (χ1v) is 7.45. The van der Waals surface area contributed by atoms with Crippen LogP contribution in [-0.2, 0) is 0 Å². The molecule has 5 nitrogen and oxygen atoms in total. The largest absolute Gasteiger partial charge is 0.494 e. The highest BCUT2D eigenvalue weighted by atomic mass is 35.5. The Morgan fingerprint density at radius 3 is 2.00 bits per heavy atom. The standard InChI is InChI=1S/C15H11Cl3N2O3/c1-23-13-11(17)6-9(7-12(13)18)15(22)20-19-14(21)8-3-2-4-10(16)5-8/h2-7H,1H3,(H,19,21)(H,20,22). The maximum Gasteiger partial charge on any atom is 0.269 e. The Hall–Kier alpha value is -1.95. The van der Waals surface area contributed by atoms with Gasteiger partial charge in [0.1, 0.15) is 0 Å². The number of carbonyl (C=O) groups excluding carboxylic acids is 2. The summed E-state index contributed by atoms with van der Waals surface area (Å²) in [6, 6.07) is 9.07. The molecule has 0 saturated carbocycles. The fraction of sp³-hybridized carbons (Fsp3) is 0.0667. The second kappa shape index (κ2) is 7.55. The molecule has 0 aliphatic carbocycles. The van der Waals surface area contributed by atoms with E-state index in [2.05, 4.69) is 10.9 Å². The molecule has 23 heavy (non-hydrogen) atoms. The molecular weight excluding hydrogens is 363 g/mol. The van der Waals surface area contributed by atoms with Crippen LogP contribution in [0, 0.1) is 0 Å². The minimum Gasteiger partial charge on any atom is -0.494 e. The lowest BCUT2D eigenvalue weighted by atomic mass is 10.2. The zero-order valence-electron chi connectivity index (χ0n) is 11.8. The highest BCUT2D eigenvalue weighted by Gasteiger charge is 2.14. The van der Waals surface area contributed by atoms with Gasteiger partial charge < -0.3 is 4.74 Å². The molecule has 0 radical (unpaired) electrons. The average molecular weight is 374 g/mol. The van der Waals surface area contributed by atoms with Crippen molar-refractivity contribution in [2.75, 3.05) is 7.11 Å². The predicted molar refractivity (Wildman–Crippen MR) is 89.4 cm³/mol. The van der Waals surface area contributed by atoms with Gasteiger partial charge in [-0.1, -0.05) is 40.9 Å². The van der Waals surface area contributed by atoms with Gasteiger partial charge in [0.15, 0.2) is 5.75 Å². The third-order valence-electron chi connectivity index (χ3n) is 2.84. The topological polar surface area (TPSA) is 67.4 Å². The number of benzene rings is 2. The number of methoxy groups -OCH3 is 1. The molecule has 0 atom stereocenters. The van der Waals surface area contributed by atoms with Crippen LogP contribution in [-0.4, -0.2) is 18.9 Å². The molecular formula is C15H11Cl3N2O3. The van der Waals surface area contributed by atoms with Gasteiger partial charge in [0.05, 0.1) is 17.2 Å². The number of nitrogens with one attached hydrogen (secondary N) is 2. The number of halogens is 3. The van der Waals surface area contributed by atoms with Gasteiger partial charge in [0, 0.05) is 16.1 Å². The van der Waals surface area contributed by atoms with Gasteiger partial charge in [-0.25, -0.2) is 0 Å². The highest BCUT2D eigenvalue weighted by molar-refractivity contribution is 6.37. The van der Waals surface area contributed by atoms with Crippen LogP contribution in [0.15, 0.2) is 36.4 Å². The van der Waals surface area contributed by atoms with Crippen molar-refractivity contribution in [3.05, 3.63) is 62.6 Å². The van der Waals surface area contributed by atoms with Gasteiger partial charge >= 0.3 is 0 Å². The van der Waals surface area contributed by atoms with Crippen LogP contribution in [0.3, 0.4) is 0 Å². The first-order chi connectivity index (χ1) is 10.9. The number of hydrogen-bond donors (Lipinski definition) is 2. The first kappa shape index (κ1) is 17.4. The molecule has 2 aromatic rings. The van der Waals surface area contributed by atoms with Gasteiger partial charge in [0.2, 0.25) is 0 Å². The van der Waals surface area contributed by atoms with Gasteiger partial charge in [-0.05, 0) is 30.3 Å². The number of hydrazine groups is 1. The summed E-state index contributed by atoms with van der Waals surface area (Å²) >= 11 is 17.7. The van der Waals surface area contributed by atoms with Gasteiger partial charge in [-0.3, -0.25) is 20.4 Å². The van der Waals surface area contributed by atoms with Gasteiger partial charge in [0.25, 0.3) is 11.8 Å². The van der Waals surface area contributed by atoms with Crippen molar-refractivity contribution in [2.45, 2.75) is 0 Å². The zero-order chi connectivity index (χ0) is 17.0. The first-order valence-electron chi connectivity index (χ1n) is 6.31. The maximum atomic E-state index is 12.0. The van der Waals surface area contributed by atoms with E-state index in [4.69, 9.17) is 39.5 Å². The van der Waals surface area contributed by atoms with Gasteiger partial charge in [-0.2, -0.15) is 0 Å². The molecule has 0 bridgehead atoms. The molecule has 0 fully saturated rings. The maximum absolute atomic E-state index is 12.0. The predicted octanol–water partition coefficient (Wildman–Crippen LogP) is 3.73. The Labute approximate surface area is 147 Å². The molecule has 0 aromatic heterocycles. The minimum atomic E-state index is -0.577. The molecule has 2 rings (SSSR count). The molecule has 2 amide bonds. The number of carbonyl (C=O) groups is 2. The van der Waals surface area contributed by atoms with Crippen LogP contribution in [0.5, 0.6) is 5.75 Å². The van der Waals surface area contributed by atoms with Crippen LogP contribution < -0.4 is 15.6 Å². The van der Waals surface area contributed by atoms with Crippen molar-refractivity contribution in [1.29, 1.82) is 0 Å². The molecule has 2 N–H and O–H groups in total. The Kier molecular flexibility index (Phi) is 5.71. The van der Waals surface area contributed by atoms with E-state index in [-0.39, 0.29) is 21.4 Å². The summed E-state index contributed by atoms with van der Waals surface area (Å²) in [4.78, 5) is 24.0. The molecule has 0 heterocycles. The Morgan fingerprint density at radius 1 is 0.913 bits per heavy atom. The summed E-state index contributed by atoms with van der Waals surface area (Å²) in [6.07, 6.45) is 0. The van der Waals surface area contributed by atoms with E-state index in [0.29, 0.717) is 10.6 Å². The molecule has 0 unspecified atom stereocenters. The van der Waals surface area contributed by atoms with E-state index < -0.39 is 11.8 Å². The third kappa shape index (κ3) is 4.28. The lowest BCUT2D eigenvalue weighted by Gasteiger charge is -2.10. The number of ether oxygens (including phenoxy) is 1. The molecule has 0 aliphatic heterocycles. The summed E-state index contributed by atoms with van der Waals surface area (Å²) in [6.45, 7) is 0. The number of rotatable bonds is 3. The summed E-state index contributed by atoms with van der Waals surface area (Å²) in [7, 11) is 1.41. The van der Waals surface area contributed by atoms with E-state index >= 15 is 0 Å². The average Bonchev–Trinajstić information content (AvgIpc) is 2.51. The lowest BCUT2D eigenvalue weighted by molar-refractivity contribution is 0.0846. The molecule has 0 spiro atoms. The van der Waals surface area contributed by atoms with E-state index in [9.17, 15) is 9.59 Å². The summed E-state index contributed by atoms with van der Waals surface area (Å²) in [5, 5.41) is 0.787. The number of hydrogen-bond acceptors (Lipinski definition) is 3. The second-order valence-corrected chi connectivity index (χ2v) is 5.64. The van der Waals surface area contributed by atoms with Crippen LogP contribution in [0.25, 0.3) is 0 Å². The van der Waals surface area contributed by atoms with E-state index in [1.807, 2.05) is 0 Å². The second-order valence-electron chi connectivity index (χ2n) is 4.39. The molecule has 120 valence electrons. The zero-order valence-corrected chi connectivity index (χ0v) is 14.1. The van der Waals surface area contributed by atoms with E-state index in [1.54, 1.807) is 18.2 Å². The van der Waals surface area contributed by atoms with Crippen LogP contribution in [0.1, 0.15) is 20.7 Å². The van der Waals surface area contributed by atoms with Crippen molar-refractivity contribution < 1.29 is 14.3 Å². The molecule has 8 heteroatoms. The van der Waals surface area contributed by atoms with Crippen molar-refractivity contribution in [1.82, 2.24) is 10.9 Å².